The van der Waals surface area contributed by atoms with E-state index in [0.29, 0.717) is 23.3 Å². The summed E-state index contributed by atoms with van der Waals surface area (Å²) >= 11 is 1.34. The number of carbonyl (C=O) groups is 1. The van der Waals surface area contributed by atoms with Gasteiger partial charge in [-0.05, 0) is 18.4 Å². The number of rotatable bonds is 5. The number of carbonyl (C=O) groups excluding carboxylic acids is 1. The molecule has 3 rings (SSSR count). The third-order valence-corrected chi connectivity index (χ3v) is 4.35. The highest BCUT2D eigenvalue weighted by molar-refractivity contribution is 7.18. The summed E-state index contributed by atoms with van der Waals surface area (Å²) < 4.78 is 0. The second-order valence-corrected chi connectivity index (χ2v) is 6.30. The van der Waals surface area contributed by atoms with E-state index in [9.17, 15) is 4.79 Å². The molecule has 1 heterocycles. The van der Waals surface area contributed by atoms with E-state index in [-0.39, 0.29) is 5.91 Å². The van der Waals surface area contributed by atoms with Gasteiger partial charge in [-0.25, -0.2) is 4.98 Å². The minimum absolute atomic E-state index is 0.0855. The number of aromatic nitrogens is 1. The average molecular weight is 302 g/mol. The van der Waals surface area contributed by atoms with Crippen LogP contribution in [0.2, 0.25) is 0 Å². The number of nitrogens with zero attached hydrogens (tertiary/aromatic N) is 2. The lowest BCUT2D eigenvalue weighted by atomic mass is 10.2. The van der Waals surface area contributed by atoms with Crippen LogP contribution in [0.5, 0.6) is 0 Å². The number of thiazole rings is 1. The highest BCUT2D eigenvalue weighted by atomic mass is 32.1. The summed E-state index contributed by atoms with van der Waals surface area (Å²) in [5.74, 6) is 0.228. The zero-order valence-corrected chi connectivity index (χ0v) is 12.7. The molecule has 1 saturated carbocycles. The fourth-order valence-electron chi connectivity index (χ4n) is 2.05. The van der Waals surface area contributed by atoms with Gasteiger partial charge in [-0.1, -0.05) is 41.7 Å². The maximum atomic E-state index is 12.5. The number of nitrogen functional groups attached to an aromatic ring is 1. The van der Waals surface area contributed by atoms with Crippen molar-refractivity contribution in [2.45, 2.75) is 25.4 Å². The van der Waals surface area contributed by atoms with Crippen LogP contribution in [0.15, 0.2) is 30.3 Å². The van der Waals surface area contributed by atoms with Crippen molar-refractivity contribution in [2.24, 2.45) is 0 Å². The second-order valence-electron chi connectivity index (χ2n) is 5.30. The molecule has 0 aliphatic heterocycles. The molecule has 21 heavy (non-hydrogen) atoms. The van der Waals surface area contributed by atoms with E-state index in [4.69, 9.17) is 5.73 Å². The molecule has 2 aromatic rings. The molecular weight excluding hydrogens is 284 g/mol. The molecule has 1 aliphatic carbocycles. The van der Waals surface area contributed by atoms with Gasteiger partial charge in [-0.3, -0.25) is 4.79 Å². The average Bonchev–Trinajstić information content (AvgIpc) is 3.21. The highest BCUT2D eigenvalue weighted by Gasteiger charge is 2.25. The van der Waals surface area contributed by atoms with Gasteiger partial charge < -0.3 is 16.0 Å². The molecule has 110 valence electrons. The topological polar surface area (TPSA) is 71.2 Å². The van der Waals surface area contributed by atoms with Gasteiger partial charge >= 0.3 is 0 Å². The van der Waals surface area contributed by atoms with Gasteiger partial charge in [0.25, 0.3) is 5.91 Å². The summed E-state index contributed by atoms with van der Waals surface area (Å²) in [6.07, 6.45) is 2.33. The second kappa shape index (κ2) is 5.73. The first-order chi connectivity index (χ1) is 10.1. The van der Waals surface area contributed by atoms with E-state index >= 15 is 0 Å². The predicted octanol–water partition coefficient (Wildman–Crippen LogP) is 2.57. The molecule has 0 spiro atoms. The van der Waals surface area contributed by atoms with Crippen molar-refractivity contribution >= 4 is 28.2 Å². The molecular formula is C15H18N4OS. The van der Waals surface area contributed by atoms with Gasteiger partial charge in [0.1, 0.15) is 10.7 Å². The molecule has 0 unspecified atom stereocenters. The molecule has 5 nitrogen and oxygen atoms in total. The van der Waals surface area contributed by atoms with Gasteiger partial charge in [0.05, 0.1) is 0 Å². The minimum Gasteiger partial charge on any atom is -0.382 e. The first kappa shape index (κ1) is 13.9. The zero-order valence-electron chi connectivity index (χ0n) is 11.9. The van der Waals surface area contributed by atoms with Gasteiger partial charge in [-0.15, -0.1) is 0 Å². The molecule has 1 fully saturated rings. The smallest absolute Gasteiger partial charge is 0.267 e. The normalized spacial score (nSPS) is 14.0. The molecule has 1 aromatic carbocycles. The summed E-state index contributed by atoms with van der Waals surface area (Å²) in [5.41, 5.74) is 6.97. The van der Waals surface area contributed by atoms with E-state index in [2.05, 4.69) is 10.3 Å². The molecule has 6 heteroatoms. The van der Waals surface area contributed by atoms with Crippen LogP contribution in [0.4, 0.5) is 10.9 Å². The Morgan fingerprint density at radius 2 is 2.14 bits per heavy atom. The Balaban J connectivity index is 1.70. The lowest BCUT2D eigenvalue weighted by Gasteiger charge is -2.16. The maximum absolute atomic E-state index is 12.5. The van der Waals surface area contributed by atoms with Crippen molar-refractivity contribution in [3.63, 3.8) is 0 Å². The Kier molecular flexibility index (Phi) is 3.79. The Labute approximate surface area is 127 Å². The van der Waals surface area contributed by atoms with Crippen LogP contribution < -0.4 is 11.1 Å². The summed E-state index contributed by atoms with van der Waals surface area (Å²) in [5, 5.41) is 4.02. The van der Waals surface area contributed by atoms with Crippen molar-refractivity contribution in [3.8, 4) is 0 Å². The summed E-state index contributed by atoms with van der Waals surface area (Å²) in [6, 6.07) is 10.4. The van der Waals surface area contributed by atoms with E-state index in [1.54, 1.807) is 11.9 Å². The molecule has 3 N–H and O–H groups in total. The Morgan fingerprint density at radius 1 is 1.43 bits per heavy atom. The third-order valence-electron chi connectivity index (χ3n) is 3.36. The zero-order chi connectivity index (χ0) is 14.8. The van der Waals surface area contributed by atoms with Crippen LogP contribution in [0, 0.1) is 0 Å². The number of hydrogen-bond acceptors (Lipinski definition) is 5. The van der Waals surface area contributed by atoms with Crippen LogP contribution in [-0.4, -0.2) is 28.9 Å². The van der Waals surface area contributed by atoms with Crippen LogP contribution >= 0.6 is 11.3 Å². The SMILES string of the molecule is CN(Cc1ccccc1)C(=O)c1sc(NC2CC2)nc1N. The van der Waals surface area contributed by atoms with E-state index in [1.165, 1.54) is 11.3 Å². The van der Waals surface area contributed by atoms with Crippen LogP contribution in [0.1, 0.15) is 28.1 Å². The van der Waals surface area contributed by atoms with Crippen molar-refractivity contribution in [1.29, 1.82) is 0 Å². The fraction of sp³-hybridized carbons (Fsp3) is 0.333. The molecule has 0 radical (unpaired) electrons. The number of anilines is 2. The highest BCUT2D eigenvalue weighted by Crippen LogP contribution is 2.31. The van der Waals surface area contributed by atoms with Gasteiger partial charge in [0.2, 0.25) is 0 Å². The summed E-state index contributed by atoms with van der Waals surface area (Å²) in [7, 11) is 1.78. The van der Waals surface area contributed by atoms with E-state index in [0.717, 1.165) is 23.5 Å². The first-order valence-electron chi connectivity index (χ1n) is 6.95. The van der Waals surface area contributed by atoms with Crippen molar-refractivity contribution in [1.82, 2.24) is 9.88 Å². The van der Waals surface area contributed by atoms with Gasteiger partial charge in [0.15, 0.2) is 5.13 Å². The maximum Gasteiger partial charge on any atom is 0.267 e. The quantitative estimate of drug-likeness (QED) is 0.890. The van der Waals surface area contributed by atoms with Crippen LogP contribution in [0.25, 0.3) is 0 Å². The molecule has 1 aliphatic rings. The number of benzene rings is 1. The van der Waals surface area contributed by atoms with E-state index in [1.807, 2.05) is 30.3 Å². The molecule has 0 bridgehead atoms. The Morgan fingerprint density at radius 3 is 2.81 bits per heavy atom. The molecule has 1 aromatic heterocycles. The van der Waals surface area contributed by atoms with Gasteiger partial charge in [0, 0.05) is 19.6 Å². The standard InChI is InChI=1S/C15H18N4OS/c1-19(9-10-5-3-2-4-6-10)14(20)12-13(16)18-15(21-12)17-11-7-8-11/h2-6,11H,7-9,16H2,1H3,(H,17,18). The fourth-order valence-corrected chi connectivity index (χ4v) is 3.01. The number of nitrogens with one attached hydrogen (secondary N) is 1. The number of amides is 1. The van der Waals surface area contributed by atoms with Crippen LogP contribution in [-0.2, 0) is 6.54 Å². The lowest BCUT2D eigenvalue weighted by Crippen LogP contribution is -2.26. The molecule has 1 amide bonds. The number of hydrogen-bond donors (Lipinski definition) is 2. The van der Waals surface area contributed by atoms with Gasteiger partial charge in [-0.2, -0.15) is 0 Å². The molecule has 0 saturated heterocycles. The van der Waals surface area contributed by atoms with Crippen molar-refractivity contribution in [3.05, 3.63) is 40.8 Å². The number of nitrogens with two attached hydrogens (primary N) is 1. The van der Waals surface area contributed by atoms with Crippen molar-refractivity contribution in [2.75, 3.05) is 18.1 Å². The summed E-state index contributed by atoms with van der Waals surface area (Å²) in [4.78, 5) is 18.9. The summed E-state index contributed by atoms with van der Waals surface area (Å²) in [6.45, 7) is 0.558. The lowest BCUT2D eigenvalue weighted by molar-refractivity contribution is 0.0790. The van der Waals surface area contributed by atoms with Crippen molar-refractivity contribution < 1.29 is 4.79 Å². The largest absolute Gasteiger partial charge is 0.382 e. The van der Waals surface area contributed by atoms with Crippen LogP contribution in [0.3, 0.4) is 0 Å². The monoisotopic (exact) mass is 302 g/mol. The minimum atomic E-state index is -0.0855. The Hall–Kier alpha value is -2.08. The predicted molar refractivity (Wildman–Crippen MR) is 85.4 cm³/mol. The first-order valence-corrected chi connectivity index (χ1v) is 7.77. The third kappa shape index (κ3) is 3.33. The Bertz CT molecular complexity index is 636. The van der Waals surface area contributed by atoms with E-state index < -0.39 is 0 Å². The molecule has 0 atom stereocenters.